The fourth-order valence-corrected chi connectivity index (χ4v) is 4.30. The number of hydrogen-bond acceptors (Lipinski definition) is 5. The van der Waals surface area contributed by atoms with Crippen LogP contribution in [0.5, 0.6) is 0 Å². The van der Waals surface area contributed by atoms with E-state index in [2.05, 4.69) is 5.32 Å². The lowest BCUT2D eigenvalue weighted by molar-refractivity contribution is -0.387. The van der Waals surface area contributed by atoms with Crippen LogP contribution in [0.2, 0.25) is 5.02 Å². The highest BCUT2D eigenvalue weighted by atomic mass is 35.5. The molecule has 0 amide bonds. The summed E-state index contributed by atoms with van der Waals surface area (Å²) in [5, 5.41) is 14.2. The third-order valence-corrected chi connectivity index (χ3v) is 5.62. The fraction of sp³-hybridized carbons (Fsp3) is 0.500. The first kappa shape index (κ1) is 19.1. The number of halogens is 2. The number of benzene rings is 1. The van der Waals surface area contributed by atoms with Gasteiger partial charge in [-0.15, -0.1) is 12.4 Å². The monoisotopic (exact) mass is 369 g/mol. The average Bonchev–Trinajstić information content (AvgIpc) is 2.88. The first-order chi connectivity index (χ1) is 9.86. The van der Waals surface area contributed by atoms with Crippen molar-refractivity contribution in [3.63, 3.8) is 0 Å². The second kappa shape index (κ2) is 7.56. The molecule has 1 saturated heterocycles. The number of nitrogens with zero attached hydrogens (tertiary/aromatic N) is 2. The van der Waals surface area contributed by atoms with E-state index in [9.17, 15) is 18.5 Å². The molecule has 0 aliphatic carbocycles. The maximum Gasteiger partial charge on any atom is 0.290 e. The van der Waals surface area contributed by atoms with Gasteiger partial charge in [-0.1, -0.05) is 11.6 Å². The van der Waals surface area contributed by atoms with Crippen LogP contribution in [0.15, 0.2) is 23.1 Å². The van der Waals surface area contributed by atoms with E-state index in [0.29, 0.717) is 19.6 Å². The topological polar surface area (TPSA) is 92.6 Å². The SMILES string of the molecule is CNCC1CCN(S(=O)(=O)c2ccc(Cl)cc2[N+](=O)[O-])C1.Cl. The number of nitro groups is 1. The zero-order valence-corrected chi connectivity index (χ0v) is 14.2. The summed E-state index contributed by atoms with van der Waals surface area (Å²) < 4.78 is 26.5. The zero-order valence-electron chi connectivity index (χ0n) is 11.9. The number of nitro benzene ring substituents is 1. The van der Waals surface area contributed by atoms with Gasteiger partial charge in [0.25, 0.3) is 5.69 Å². The van der Waals surface area contributed by atoms with E-state index in [1.807, 2.05) is 0 Å². The Hall–Kier alpha value is -0.930. The van der Waals surface area contributed by atoms with Gasteiger partial charge in [-0.3, -0.25) is 10.1 Å². The van der Waals surface area contributed by atoms with Crippen LogP contribution in [0, 0.1) is 16.0 Å². The minimum absolute atomic E-state index is 0. The normalized spacial score (nSPS) is 18.9. The Bertz CT molecular complexity index is 654. The highest BCUT2D eigenvalue weighted by Crippen LogP contribution is 2.31. The van der Waals surface area contributed by atoms with Gasteiger partial charge in [-0.2, -0.15) is 4.31 Å². The Labute approximate surface area is 140 Å². The highest BCUT2D eigenvalue weighted by molar-refractivity contribution is 7.89. The molecule has 1 aromatic carbocycles. The molecule has 0 bridgehead atoms. The Balaban J connectivity index is 0.00000242. The van der Waals surface area contributed by atoms with E-state index in [-0.39, 0.29) is 28.2 Å². The van der Waals surface area contributed by atoms with Crippen LogP contribution >= 0.6 is 24.0 Å². The molecular weight excluding hydrogens is 353 g/mol. The van der Waals surface area contributed by atoms with Crippen LogP contribution in [-0.4, -0.2) is 44.3 Å². The smallest absolute Gasteiger partial charge is 0.290 e. The first-order valence-corrected chi connectivity index (χ1v) is 8.26. The maximum absolute atomic E-state index is 12.6. The van der Waals surface area contributed by atoms with Crippen molar-refractivity contribution < 1.29 is 13.3 Å². The van der Waals surface area contributed by atoms with Crippen molar-refractivity contribution >= 4 is 39.7 Å². The molecule has 1 N–H and O–H groups in total. The molecule has 1 aliphatic heterocycles. The van der Waals surface area contributed by atoms with Crippen molar-refractivity contribution in [1.29, 1.82) is 0 Å². The second-order valence-corrected chi connectivity index (χ2v) is 7.29. The fourth-order valence-electron chi connectivity index (χ4n) is 2.46. The van der Waals surface area contributed by atoms with Crippen molar-refractivity contribution in [2.75, 3.05) is 26.7 Å². The molecule has 0 radical (unpaired) electrons. The Morgan fingerprint density at radius 3 is 2.77 bits per heavy atom. The summed E-state index contributed by atoms with van der Waals surface area (Å²) in [5.41, 5.74) is -0.487. The van der Waals surface area contributed by atoms with Crippen LogP contribution in [0.1, 0.15) is 6.42 Å². The van der Waals surface area contributed by atoms with E-state index in [1.54, 1.807) is 7.05 Å². The van der Waals surface area contributed by atoms with Crippen molar-refractivity contribution in [2.45, 2.75) is 11.3 Å². The lowest BCUT2D eigenvalue weighted by Gasteiger charge is -2.16. The number of hydrogen-bond donors (Lipinski definition) is 1. The summed E-state index contributed by atoms with van der Waals surface area (Å²) in [7, 11) is -2.07. The lowest BCUT2D eigenvalue weighted by atomic mass is 10.1. The molecule has 0 saturated carbocycles. The number of sulfonamides is 1. The molecule has 124 valence electrons. The molecule has 1 atom stereocenters. The minimum atomic E-state index is -3.88. The molecule has 0 aromatic heterocycles. The summed E-state index contributed by atoms with van der Waals surface area (Å²) in [6, 6.07) is 3.61. The number of rotatable bonds is 5. The molecular formula is C12H17Cl2N3O4S. The molecule has 10 heteroatoms. The van der Waals surface area contributed by atoms with Gasteiger partial charge in [0.15, 0.2) is 4.90 Å². The summed E-state index contributed by atoms with van der Waals surface area (Å²) in [4.78, 5) is 10.0. The van der Waals surface area contributed by atoms with Crippen LogP contribution < -0.4 is 5.32 Å². The molecule has 1 aromatic rings. The van der Waals surface area contributed by atoms with E-state index in [4.69, 9.17) is 11.6 Å². The second-order valence-electron chi connectivity index (χ2n) is 4.94. The third kappa shape index (κ3) is 3.88. The quantitative estimate of drug-likeness (QED) is 0.631. The molecule has 22 heavy (non-hydrogen) atoms. The van der Waals surface area contributed by atoms with Gasteiger partial charge in [0.2, 0.25) is 10.0 Å². The van der Waals surface area contributed by atoms with Gasteiger partial charge in [-0.05, 0) is 38.1 Å². The van der Waals surface area contributed by atoms with E-state index in [0.717, 1.165) is 12.5 Å². The van der Waals surface area contributed by atoms with Crippen LogP contribution in [0.4, 0.5) is 5.69 Å². The van der Waals surface area contributed by atoms with Gasteiger partial charge >= 0.3 is 0 Å². The molecule has 2 rings (SSSR count). The largest absolute Gasteiger partial charge is 0.319 e. The van der Waals surface area contributed by atoms with Crippen molar-refractivity contribution in [3.05, 3.63) is 33.3 Å². The predicted octanol–water partition coefficient (Wildman–Crippen LogP) is 1.90. The van der Waals surface area contributed by atoms with Gasteiger partial charge in [0.05, 0.1) is 4.92 Å². The van der Waals surface area contributed by atoms with Crippen LogP contribution in [0.25, 0.3) is 0 Å². The van der Waals surface area contributed by atoms with Gasteiger partial charge in [0.1, 0.15) is 0 Å². The van der Waals surface area contributed by atoms with E-state index in [1.165, 1.54) is 16.4 Å². The standard InChI is InChI=1S/C12H16ClN3O4S.ClH/c1-14-7-9-4-5-15(8-9)21(19,20)12-3-2-10(13)6-11(12)16(17)18;/h2-3,6,9,14H,4-5,7-8H2,1H3;1H. The summed E-state index contributed by atoms with van der Waals surface area (Å²) in [6.45, 7) is 1.45. The molecule has 1 aliphatic rings. The molecule has 1 unspecified atom stereocenters. The summed E-state index contributed by atoms with van der Waals surface area (Å²) in [5.74, 6) is 0.219. The Morgan fingerprint density at radius 1 is 1.50 bits per heavy atom. The Morgan fingerprint density at radius 2 is 2.18 bits per heavy atom. The maximum atomic E-state index is 12.6. The van der Waals surface area contributed by atoms with E-state index < -0.39 is 20.6 Å². The summed E-state index contributed by atoms with van der Waals surface area (Å²) >= 11 is 5.71. The average molecular weight is 370 g/mol. The molecule has 7 nitrogen and oxygen atoms in total. The van der Waals surface area contributed by atoms with Gasteiger partial charge < -0.3 is 5.32 Å². The first-order valence-electron chi connectivity index (χ1n) is 6.45. The lowest BCUT2D eigenvalue weighted by Crippen LogP contribution is -2.30. The van der Waals surface area contributed by atoms with Crippen molar-refractivity contribution in [1.82, 2.24) is 9.62 Å². The predicted molar refractivity (Wildman–Crippen MR) is 86.1 cm³/mol. The van der Waals surface area contributed by atoms with Crippen molar-refractivity contribution in [3.8, 4) is 0 Å². The number of nitrogens with one attached hydrogen (secondary N) is 1. The highest BCUT2D eigenvalue weighted by Gasteiger charge is 2.36. The minimum Gasteiger partial charge on any atom is -0.319 e. The van der Waals surface area contributed by atoms with Crippen LogP contribution in [0.3, 0.4) is 0 Å². The van der Waals surface area contributed by atoms with Crippen molar-refractivity contribution in [2.24, 2.45) is 5.92 Å². The molecule has 1 heterocycles. The van der Waals surface area contributed by atoms with E-state index >= 15 is 0 Å². The van der Waals surface area contributed by atoms with Gasteiger partial charge in [-0.25, -0.2) is 8.42 Å². The van der Waals surface area contributed by atoms with Gasteiger partial charge in [0, 0.05) is 24.2 Å². The zero-order chi connectivity index (χ0) is 15.6. The molecule has 0 spiro atoms. The third-order valence-electron chi connectivity index (χ3n) is 3.48. The van der Waals surface area contributed by atoms with Crippen LogP contribution in [-0.2, 0) is 10.0 Å². The molecule has 1 fully saturated rings. The summed E-state index contributed by atoms with van der Waals surface area (Å²) in [6.07, 6.45) is 0.738. The Kier molecular flexibility index (Phi) is 6.57.